The van der Waals surface area contributed by atoms with Crippen LogP contribution in [0.25, 0.3) is 0 Å². The van der Waals surface area contributed by atoms with Crippen molar-refractivity contribution in [1.82, 2.24) is 4.98 Å². The van der Waals surface area contributed by atoms with Gasteiger partial charge in [-0.2, -0.15) is 0 Å². The molecule has 0 aliphatic carbocycles. The quantitative estimate of drug-likeness (QED) is 0.800. The van der Waals surface area contributed by atoms with Crippen LogP contribution in [0.4, 0.5) is 5.69 Å². The van der Waals surface area contributed by atoms with Crippen LogP contribution >= 0.6 is 0 Å². The lowest BCUT2D eigenvalue weighted by Gasteiger charge is -2.05. The molecule has 0 bridgehead atoms. The van der Waals surface area contributed by atoms with E-state index in [2.05, 4.69) is 4.98 Å². The number of aromatic nitrogens is 1. The van der Waals surface area contributed by atoms with E-state index in [0.29, 0.717) is 16.9 Å². The maximum absolute atomic E-state index is 12.2. The van der Waals surface area contributed by atoms with Gasteiger partial charge in [-0.05, 0) is 43.2 Å². The van der Waals surface area contributed by atoms with Crippen LogP contribution in [0.15, 0.2) is 36.5 Å². The van der Waals surface area contributed by atoms with E-state index < -0.39 is 0 Å². The number of carbonyl (C=O) groups is 1. The van der Waals surface area contributed by atoms with E-state index in [4.69, 9.17) is 5.73 Å². The lowest BCUT2D eigenvalue weighted by Crippen LogP contribution is -2.08. The number of aryl methyl sites for hydroxylation is 2. The summed E-state index contributed by atoms with van der Waals surface area (Å²) in [6.45, 7) is 3.99. The van der Waals surface area contributed by atoms with Crippen molar-refractivity contribution in [3.63, 3.8) is 0 Å². The summed E-state index contributed by atoms with van der Waals surface area (Å²) in [6, 6.07) is 9.00. The van der Waals surface area contributed by atoms with Crippen molar-refractivity contribution in [3.8, 4) is 0 Å². The number of rotatable bonds is 2. The van der Waals surface area contributed by atoms with Gasteiger partial charge in [0.15, 0.2) is 0 Å². The molecule has 3 heteroatoms. The van der Waals surface area contributed by atoms with Gasteiger partial charge in [0.25, 0.3) is 0 Å². The minimum Gasteiger partial charge on any atom is -0.397 e. The normalized spacial score (nSPS) is 10.2. The molecular formula is C14H14N2O. The van der Waals surface area contributed by atoms with Gasteiger partial charge in [0, 0.05) is 11.8 Å². The maximum atomic E-state index is 12.2. The molecule has 0 amide bonds. The summed E-state index contributed by atoms with van der Waals surface area (Å²) in [6.07, 6.45) is 1.57. The van der Waals surface area contributed by atoms with Crippen LogP contribution in [0.1, 0.15) is 27.2 Å². The van der Waals surface area contributed by atoms with Crippen molar-refractivity contribution < 1.29 is 4.79 Å². The predicted molar refractivity (Wildman–Crippen MR) is 68.0 cm³/mol. The number of benzene rings is 1. The average molecular weight is 226 g/mol. The number of hydrogen-bond acceptors (Lipinski definition) is 3. The molecule has 2 N–H and O–H groups in total. The molecule has 1 heterocycles. The lowest BCUT2D eigenvalue weighted by atomic mass is 10.0. The number of pyridine rings is 1. The van der Waals surface area contributed by atoms with Crippen LogP contribution < -0.4 is 5.73 Å². The standard InChI is InChI=1S/C14H14N2O/c1-9-5-6-11(8-10(9)2)14(17)13-12(15)4-3-7-16-13/h3-8H,15H2,1-2H3. The van der Waals surface area contributed by atoms with E-state index >= 15 is 0 Å². The van der Waals surface area contributed by atoms with Gasteiger partial charge in [0.1, 0.15) is 5.69 Å². The summed E-state index contributed by atoms with van der Waals surface area (Å²) in [5.41, 5.74) is 9.35. The number of nitrogens with two attached hydrogens (primary N) is 1. The monoisotopic (exact) mass is 226 g/mol. The van der Waals surface area contributed by atoms with Gasteiger partial charge in [-0.3, -0.25) is 9.78 Å². The van der Waals surface area contributed by atoms with Crippen LogP contribution in [0.5, 0.6) is 0 Å². The zero-order chi connectivity index (χ0) is 12.4. The Hall–Kier alpha value is -2.16. The molecule has 2 aromatic rings. The fourth-order valence-corrected chi connectivity index (χ4v) is 1.63. The predicted octanol–water partition coefficient (Wildman–Crippen LogP) is 2.51. The first-order chi connectivity index (χ1) is 8.09. The minimum atomic E-state index is -0.133. The highest BCUT2D eigenvalue weighted by Crippen LogP contribution is 2.16. The van der Waals surface area contributed by atoms with Gasteiger partial charge in [0.05, 0.1) is 5.69 Å². The largest absolute Gasteiger partial charge is 0.397 e. The molecular weight excluding hydrogens is 212 g/mol. The Kier molecular flexibility index (Phi) is 2.91. The van der Waals surface area contributed by atoms with Crippen molar-refractivity contribution in [1.29, 1.82) is 0 Å². The third kappa shape index (κ3) is 2.18. The number of nitrogens with zero attached hydrogens (tertiary/aromatic N) is 1. The summed E-state index contributed by atoms with van der Waals surface area (Å²) in [4.78, 5) is 16.2. The van der Waals surface area contributed by atoms with Crippen molar-refractivity contribution in [3.05, 3.63) is 58.9 Å². The van der Waals surface area contributed by atoms with E-state index in [0.717, 1.165) is 11.1 Å². The van der Waals surface area contributed by atoms with Gasteiger partial charge in [-0.15, -0.1) is 0 Å². The molecule has 0 aliphatic rings. The van der Waals surface area contributed by atoms with Crippen molar-refractivity contribution in [2.24, 2.45) is 0 Å². The molecule has 86 valence electrons. The second-order valence-electron chi connectivity index (χ2n) is 4.07. The molecule has 17 heavy (non-hydrogen) atoms. The van der Waals surface area contributed by atoms with E-state index in [1.54, 1.807) is 24.4 Å². The molecule has 0 spiro atoms. The van der Waals surface area contributed by atoms with Crippen LogP contribution in [-0.2, 0) is 0 Å². The van der Waals surface area contributed by atoms with Crippen molar-refractivity contribution in [2.45, 2.75) is 13.8 Å². The molecule has 0 saturated carbocycles. The molecule has 1 aromatic heterocycles. The Morgan fingerprint density at radius 3 is 2.59 bits per heavy atom. The van der Waals surface area contributed by atoms with Gasteiger partial charge in [-0.1, -0.05) is 12.1 Å². The zero-order valence-electron chi connectivity index (χ0n) is 9.90. The number of anilines is 1. The average Bonchev–Trinajstić information content (AvgIpc) is 2.32. The summed E-state index contributed by atoms with van der Waals surface area (Å²) in [5.74, 6) is -0.133. The summed E-state index contributed by atoms with van der Waals surface area (Å²) in [5, 5.41) is 0. The fraction of sp³-hybridized carbons (Fsp3) is 0.143. The molecule has 0 radical (unpaired) electrons. The van der Waals surface area contributed by atoms with Crippen LogP contribution in [0.3, 0.4) is 0 Å². The Bertz CT molecular complexity index is 576. The first-order valence-electron chi connectivity index (χ1n) is 5.42. The Morgan fingerprint density at radius 1 is 1.18 bits per heavy atom. The van der Waals surface area contributed by atoms with Crippen molar-refractivity contribution in [2.75, 3.05) is 5.73 Å². The fourth-order valence-electron chi connectivity index (χ4n) is 1.63. The van der Waals surface area contributed by atoms with Gasteiger partial charge >= 0.3 is 0 Å². The molecule has 2 rings (SSSR count). The van der Waals surface area contributed by atoms with Crippen LogP contribution in [-0.4, -0.2) is 10.8 Å². The minimum absolute atomic E-state index is 0.133. The highest BCUT2D eigenvalue weighted by atomic mass is 16.1. The van der Waals surface area contributed by atoms with E-state index in [-0.39, 0.29) is 5.78 Å². The maximum Gasteiger partial charge on any atom is 0.213 e. The van der Waals surface area contributed by atoms with Gasteiger partial charge < -0.3 is 5.73 Å². The lowest BCUT2D eigenvalue weighted by molar-refractivity contribution is 0.103. The summed E-state index contributed by atoms with van der Waals surface area (Å²) < 4.78 is 0. The second-order valence-corrected chi connectivity index (χ2v) is 4.07. The van der Waals surface area contributed by atoms with E-state index in [1.807, 2.05) is 26.0 Å². The Morgan fingerprint density at radius 2 is 1.94 bits per heavy atom. The highest BCUT2D eigenvalue weighted by Gasteiger charge is 2.13. The van der Waals surface area contributed by atoms with Crippen LogP contribution in [0.2, 0.25) is 0 Å². The highest BCUT2D eigenvalue weighted by molar-refractivity contribution is 6.10. The number of ketones is 1. The number of nitrogen functional groups attached to an aromatic ring is 1. The molecule has 1 aromatic carbocycles. The molecule has 3 nitrogen and oxygen atoms in total. The van der Waals surface area contributed by atoms with E-state index in [1.165, 1.54) is 0 Å². The van der Waals surface area contributed by atoms with Gasteiger partial charge in [-0.25, -0.2) is 0 Å². The molecule has 0 atom stereocenters. The third-order valence-corrected chi connectivity index (χ3v) is 2.82. The first kappa shape index (κ1) is 11.3. The Balaban J connectivity index is 2.44. The number of hydrogen-bond donors (Lipinski definition) is 1. The topological polar surface area (TPSA) is 56.0 Å². The molecule has 0 unspecified atom stereocenters. The SMILES string of the molecule is Cc1ccc(C(=O)c2ncccc2N)cc1C. The molecule has 0 aliphatic heterocycles. The number of carbonyl (C=O) groups excluding carboxylic acids is 1. The summed E-state index contributed by atoms with van der Waals surface area (Å²) >= 11 is 0. The zero-order valence-corrected chi connectivity index (χ0v) is 9.90. The smallest absolute Gasteiger partial charge is 0.213 e. The third-order valence-electron chi connectivity index (χ3n) is 2.82. The summed E-state index contributed by atoms with van der Waals surface area (Å²) in [7, 11) is 0. The molecule has 0 saturated heterocycles. The van der Waals surface area contributed by atoms with Gasteiger partial charge in [0.2, 0.25) is 5.78 Å². The first-order valence-corrected chi connectivity index (χ1v) is 5.42. The molecule has 0 fully saturated rings. The second kappa shape index (κ2) is 4.37. The van der Waals surface area contributed by atoms with E-state index in [9.17, 15) is 4.79 Å². The van der Waals surface area contributed by atoms with Crippen molar-refractivity contribution >= 4 is 11.5 Å². The Labute approximate surface area is 100 Å². The van der Waals surface area contributed by atoms with Crippen LogP contribution in [0, 0.1) is 13.8 Å².